The fourth-order valence-electron chi connectivity index (χ4n) is 3.73. The Morgan fingerprint density at radius 1 is 0.970 bits per heavy atom. The molecule has 1 aliphatic rings. The third kappa shape index (κ3) is 4.65. The van der Waals surface area contributed by atoms with Crippen LogP contribution in [0.1, 0.15) is 55.2 Å². The van der Waals surface area contributed by atoms with E-state index in [1.807, 2.05) is 18.2 Å². The van der Waals surface area contributed by atoms with E-state index >= 15 is 0 Å². The summed E-state index contributed by atoms with van der Waals surface area (Å²) in [5.41, 5.74) is 2.35. The molecule has 0 spiro atoms. The molecule has 2 aromatic carbocycles. The van der Waals surface area contributed by atoms with Crippen LogP contribution in [0.4, 0.5) is 0 Å². The molecule has 0 N–H and O–H groups in total. The molecular formula is C24H21Cl2N3O4. The van der Waals surface area contributed by atoms with Gasteiger partial charge in [0.05, 0.1) is 30.0 Å². The van der Waals surface area contributed by atoms with Crippen molar-refractivity contribution < 1.29 is 19.1 Å². The Labute approximate surface area is 200 Å². The number of nitrogens with zero attached hydrogens (tertiary/aromatic N) is 3. The summed E-state index contributed by atoms with van der Waals surface area (Å²) < 4.78 is 6.88. The van der Waals surface area contributed by atoms with E-state index in [2.05, 4.69) is 5.10 Å². The average molecular weight is 486 g/mol. The minimum absolute atomic E-state index is 0.132. The lowest BCUT2D eigenvalue weighted by Crippen LogP contribution is -2.30. The first-order valence-corrected chi connectivity index (χ1v) is 11.2. The van der Waals surface area contributed by atoms with Gasteiger partial charge in [-0.25, -0.2) is 9.48 Å². The van der Waals surface area contributed by atoms with E-state index in [-0.39, 0.29) is 35.7 Å². The zero-order valence-corrected chi connectivity index (χ0v) is 19.4. The molecule has 9 heteroatoms. The number of esters is 1. The van der Waals surface area contributed by atoms with Gasteiger partial charge in [0.15, 0.2) is 0 Å². The highest BCUT2D eigenvalue weighted by molar-refractivity contribution is 6.33. The second-order valence-corrected chi connectivity index (χ2v) is 8.42. The van der Waals surface area contributed by atoms with Gasteiger partial charge in [-0.2, -0.15) is 5.10 Å². The summed E-state index contributed by atoms with van der Waals surface area (Å²) in [4.78, 5) is 38.6. The predicted molar refractivity (Wildman–Crippen MR) is 124 cm³/mol. The molecule has 0 aliphatic carbocycles. The van der Waals surface area contributed by atoms with Crippen molar-refractivity contribution in [3.8, 4) is 0 Å². The number of carbonyl (C=O) groups excluding carboxylic acids is 3. The standard InChI is InChI=1S/C24H21Cl2N3O4/c1-15-20(21(26)29(27-15)14-16-8-2-5-11-19(16)25)24(32)33-13-7-6-12-28-22(30)17-9-3-4-10-18(17)23(28)31/h2-5,8-11H,6-7,12-14H2,1H3. The van der Waals surface area contributed by atoms with Gasteiger partial charge in [0.1, 0.15) is 10.7 Å². The van der Waals surface area contributed by atoms with E-state index in [0.717, 1.165) is 5.56 Å². The van der Waals surface area contributed by atoms with Crippen LogP contribution in [-0.2, 0) is 11.3 Å². The third-order valence-electron chi connectivity index (χ3n) is 5.43. The van der Waals surface area contributed by atoms with E-state index in [0.29, 0.717) is 41.2 Å². The SMILES string of the molecule is Cc1nn(Cc2ccccc2Cl)c(Cl)c1C(=O)OCCCCN1C(=O)c2ccccc2C1=O. The Morgan fingerprint density at radius 2 is 1.61 bits per heavy atom. The number of fused-ring (bicyclic) bond motifs is 1. The molecule has 0 unspecified atom stereocenters. The van der Waals surface area contributed by atoms with Crippen LogP contribution in [0.3, 0.4) is 0 Å². The number of rotatable bonds is 8. The summed E-state index contributed by atoms with van der Waals surface area (Å²) in [7, 11) is 0. The molecule has 7 nitrogen and oxygen atoms in total. The fourth-order valence-corrected chi connectivity index (χ4v) is 4.24. The Hall–Kier alpha value is -3.16. The third-order valence-corrected chi connectivity index (χ3v) is 6.19. The number of aryl methyl sites for hydroxylation is 1. The Morgan fingerprint density at radius 3 is 2.27 bits per heavy atom. The number of ether oxygens (including phenoxy) is 1. The molecule has 0 bridgehead atoms. The van der Waals surface area contributed by atoms with Crippen molar-refractivity contribution in [1.29, 1.82) is 0 Å². The van der Waals surface area contributed by atoms with Crippen LogP contribution in [0.2, 0.25) is 10.2 Å². The molecule has 3 aromatic rings. The van der Waals surface area contributed by atoms with Crippen molar-refractivity contribution in [1.82, 2.24) is 14.7 Å². The van der Waals surface area contributed by atoms with Crippen molar-refractivity contribution >= 4 is 41.0 Å². The maximum Gasteiger partial charge on any atom is 0.343 e. The van der Waals surface area contributed by atoms with Crippen LogP contribution in [-0.4, -0.2) is 45.6 Å². The maximum absolute atomic E-state index is 12.6. The minimum atomic E-state index is -0.566. The van der Waals surface area contributed by atoms with Gasteiger partial charge in [-0.1, -0.05) is 53.5 Å². The highest BCUT2D eigenvalue weighted by atomic mass is 35.5. The van der Waals surface area contributed by atoms with Crippen LogP contribution in [0, 0.1) is 6.92 Å². The molecule has 170 valence electrons. The van der Waals surface area contributed by atoms with Gasteiger partial charge in [0, 0.05) is 11.6 Å². The van der Waals surface area contributed by atoms with Gasteiger partial charge in [-0.15, -0.1) is 0 Å². The summed E-state index contributed by atoms with van der Waals surface area (Å²) in [6.45, 7) is 2.41. The summed E-state index contributed by atoms with van der Waals surface area (Å²) in [6.07, 6.45) is 1.00. The molecular weight excluding hydrogens is 465 g/mol. The highest BCUT2D eigenvalue weighted by Gasteiger charge is 2.34. The smallest absolute Gasteiger partial charge is 0.343 e. The van der Waals surface area contributed by atoms with E-state index in [9.17, 15) is 14.4 Å². The quantitative estimate of drug-likeness (QED) is 0.260. The molecule has 4 rings (SSSR count). The number of carbonyl (C=O) groups is 3. The van der Waals surface area contributed by atoms with Gasteiger partial charge in [0.2, 0.25) is 0 Å². The number of hydrogen-bond acceptors (Lipinski definition) is 5. The molecule has 0 radical (unpaired) electrons. The Bertz CT molecular complexity index is 1200. The molecule has 2 heterocycles. The van der Waals surface area contributed by atoms with E-state index in [4.69, 9.17) is 27.9 Å². The molecule has 0 atom stereocenters. The minimum Gasteiger partial charge on any atom is -0.462 e. The zero-order chi connectivity index (χ0) is 23.5. The number of unbranched alkanes of at least 4 members (excludes halogenated alkanes) is 1. The first kappa shape index (κ1) is 23.0. The number of imide groups is 1. The fraction of sp³-hybridized carbons (Fsp3) is 0.250. The van der Waals surface area contributed by atoms with Crippen LogP contribution in [0.5, 0.6) is 0 Å². The van der Waals surface area contributed by atoms with Crippen LogP contribution in [0.15, 0.2) is 48.5 Å². The number of aromatic nitrogens is 2. The second kappa shape index (κ2) is 9.77. The van der Waals surface area contributed by atoms with Crippen molar-refractivity contribution in [3.63, 3.8) is 0 Å². The van der Waals surface area contributed by atoms with Gasteiger partial charge in [-0.3, -0.25) is 14.5 Å². The monoisotopic (exact) mass is 485 g/mol. The average Bonchev–Trinajstić information content (AvgIpc) is 3.22. The summed E-state index contributed by atoms with van der Waals surface area (Å²) in [6, 6.07) is 14.1. The van der Waals surface area contributed by atoms with Crippen LogP contribution in [0.25, 0.3) is 0 Å². The Balaban J connectivity index is 1.29. The molecule has 2 amide bonds. The van der Waals surface area contributed by atoms with E-state index < -0.39 is 5.97 Å². The maximum atomic E-state index is 12.6. The summed E-state index contributed by atoms with van der Waals surface area (Å²) in [5.74, 6) is -1.15. The van der Waals surface area contributed by atoms with Crippen LogP contribution < -0.4 is 0 Å². The topological polar surface area (TPSA) is 81.5 Å². The van der Waals surface area contributed by atoms with Crippen molar-refractivity contribution in [2.24, 2.45) is 0 Å². The molecule has 1 aliphatic heterocycles. The number of hydrogen-bond donors (Lipinski definition) is 0. The predicted octanol–water partition coefficient (Wildman–Crippen LogP) is 4.78. The second-order valence-electron chi connectivity index (χ2n) is 7.65. The lowest BCUT2D eigenvalue weighted by Gasteiger charge is -2.13. The van der Waals surface area contributed by atoms with Gasteiger partial charge in [0.25, 0.3) is 11.8 Å². The van der Waals surface area contributed by atoms with Gasteiger partial charge in [-0.05, 0) is 43.5 Å². The molecule has 33 heavy (non-hydrogen) atoms. The first-order chi connectivity index (χ1) is 15.9. The molecule has 1 aromatic heterocycles. The van der Waals surface area contributed by atoms with E-state index in [1.54, 1.807) is 37.3 Å². The number of halogens is 2. The molecule has 0 saturated heterocycles. The lowest BCUT2D eigenvalue weighted by molar-refractivity contribution is 0.0485. The van der Waals surface area contributed by atoms with E-state index in [1.165, 1.54) is 9.58 Å². The van der Waals surface area contributed by atoms with Crippen molar-refractivity contribution in [3.05, 3.63) is 86.7 Å². The number of amides is 2. The summed E-state index contributed by atoms with van der Waals surface area (Å²) >= 11 is 12.6. The van der Waals surface area contributed by atoms with Crippen LogP contribution >= 0.6 is 23.2 Å². The zero-order valence-electron chi connectivity index (χ0n) is 17.9. The first-order valence-electron chi connectivity index (χ1n) is 10.5. The number of benzene rings is 2. The van der Waals surface area contributed by atoms with Crippen molar-refractivity contribution in [2.75, 3.05) is 13.2 Å². The van der Waals surface area contributed by atoms with Gasteiger partial charge >= 0.3 is 5.97 Å². The Kier molecular flexibility index (Phi) is 6.81. The van der Waals surface area contributed by atoms with Gasteiger partial charge < -0.3 is 4.74 Å². The molecule has 0 saturated carbocycles. The highest BCUT2D eigenvalue weighted by Crippen LogP contribution is 2.25. The van der Waals surface area contributed by atoms with Crippen molar-refractivity contribution in [2.45, 2.75) is 26.3 Å². The normalized spacial score (nSPS) is 12.9. The lowest BCUT2D eigenvalue weighted by atomic mass is 10.1. The largest absolute Gasteiger partial charge is 0.462 e. The summed E-state index contributed by atoms with van der Waals surface area (Å²) in [5, 5.41) is 5.12. The molecule has 0 fully saturated rings.